The average molecular weight is 304 g/mol. The molecule has 1 aromatic carbocycles. The molecule has 0 spiro atoms. The number of thiazole rings is 1. The molecule has 114 valence electrons. The van der Waals surface area contributed by atoms with Gasteiger partial charge in [0.05, 0.1) is 18.2 Å². The Balaban J connectivity index is 2.01. The molecule has 0 bridgehead atoms. The summed E-state index contributed by atoms with van der Waals surface area (Å²) < 4.78 is 5.51. The zero-order valence-corrected chi connectivity index (χ0v) is 14.1. The van der Waals surface area contributed by atoms with Crippen molar-refractivity contribution in [2.24, 2.45) is 0 Å². The van der Waals surface area contributed by atoms with Gasteiger partial charge in [-0.15, -0.1) is 11.3 Å². The summed E-state index contributed by atoms with van der Waals surface area (Å²) in [5, 5.41) is 4.68. The number of hydrogen-bond donors (Lipinski definition) is 1. The third-order valence-electron chi connectivity index (χ3n) is 3.13. The van der Waals surface area contributed by atoms with Crippen LogP contribution in [0, 0.1) is 0 Å². The summed E-state index contributed by atoms with van der Waals surface area (Å²) in [7, 11) is 0. The van der Waals surface area contributed by atoms with Crippen LogP contribution in [0.1, 0.15) is 43.1 Å². The van der Waals surface area contributed by atoms with E-state index in [0.29, 0.717) is 6.61 Å². The van der Waals surface area contributed by atoms with Gasteiger partial charge in [0.25, 0.3) is 0 Å². The van der Waals surface area contributed by atoms with Gasteiger partial charge in [0.2, 0.25) is 0 Å². The predicted octanol–water partition coefficient (Wildman–Crippen LogP) is 4.59. The molecule has 2 rings (SSSR count). The number of aromatic nitrogens is 1. The maximum Gasteiger partial charge on any atom is 0.0981 e. The van der Waals surface area contributed by atoms with Gasteiger partial charge < -0.3 is 10.1 Å². The summed E-state index contributed by atoms with van der Waals surface area (Å²) in [6.07, 6.45) is 1.98. The topological polar surface area (TPSA) is 34.1 Å². The lowest BCUT2D eigenvalue weighted by molar-refractivity contribution is 0.134. The van der Waals surface area contributed by atoms with E-state index < -0.39 is 0 Å². The Hall–Kier alpha value is -1.39. The Kier molecular flexibility index (Phi) is 5.37. The van der Waals surface area contributed by atoms with Gasteiger partial charge in [-0.05, 0) is 13.0 Å². The van der Waals surface area contributed by atoms with Crippen LogP contribution >= 0.6 is 11.3 Å². The van der Waals surface area contributed by atoms with Crippen LogP contribution in [0.2, 0.25) is 0 Å². The minimum atomic E-state index is 0.121. The third-order valence-corrected chi connectivity index (χ3v) is 4.55. The fourth-order valence-corrected chi connectivity index (χ4v) is 2.86. The lowest BCUT2D eigenvalue weighted by Crippen LogP contribution is -2.09. The number of nitrogens with zero attached hydrogens (tertiary/aromatic N) is 1. The molecular weight excluding hydrogens is 280 g/mol. The highest BCUT2D eigenvalue weighted by atomic mass is 32.1. The Labute approximate surface area is 131 Å². The molecule has 0 aliphatic rings. The van der Waals surface area contributed by atoms with Gasteiger partial charge in [-0.1, -0.05) is 39.0 Å². The molecule has 1 aromatic heterocycles. The normalized spacial score (nSPS) is 11.6. The second kappa shape index (κ2) is 7.05. The first kappa shape index (κ1) is 16.0. The van der Waals surface area contributed by atoms with Crippen molar-refractivity contribution in [1.29, 1.82) is 0 Å². The molecular formula is C17H24N2OS. The van der Waals surface area contributed by atoms with Crippen LogP contribution in [-0.4, -0.2) is 11.6 Å². The van der Waals surface area contributed by atoms with E-state index >= 15 is 0 Å². The SMILES string of the molecule is CCOCc1ccccc1NCc1cnc(C(C)(C)C)s1. The number of hydrogen-bond acceptors (Lipinski definition) is 4. The zero-order chi connectivity index (χ0) is 15.3. The van der Waals surface area contributed by atoms with Crippen molar-refractivity contribution in [2.45, 2.75) is 46.3 Å². The molecule has 0 unspecified atom stereocenters. The van der Waals surface area contributed by atoms with Crippen molar-refractivity contribution in [3.8, 4) is 0 Å². The third kappa shape index (κ3) is 4.55. The van der Waals surface area contributed by atoms with Crippen LogP contribution in [-0.2, 0) is 23.3 Å². The van der Waals surface area contributed by atoms with E-state index in [1.807, 2.05) is 25.3 Å². The van der Waals surface area contributed by atoms with E-state index in [1.54, 1.807) is 11.3 Å². The van der Waals surface area contributed by atoms with Crippen LogP contribution in [0.15, 0.2) is 30.5 Å². The Morgan fingerprint density at radius 3 is 2.67 bits per heavy atom. The molecule has 0 aliphatic carbocycles. The number of nitrogens with one attached hydrogen (secondary N) is 1. The number of benzene rings is 1. The second-order valence-electron chi connectivity index (χ2n) is 6.03. The summed E-state index contributed by atoms with van der Waals surface area (Å²) in [5.74, 6) is 0. The van der Waals surface area contributed by atoms with Crippen LogP contribution < -0.4 is 5.32 Å². The molecule has 1 N–H and O–H groups in total. The quantitative estimate of drug-likeness (QED) is 0.847. The fourth-order valence-electron chi connectivity index (χ4n) is 1.95. The van der Waals surface area contributed by atoms with Gasteiger partial charge in [0.1, 0.15) is 0 Å². The summed E-state index contributed by atoms with van der Waals surface area (Å²) in [4.78, 5) is 5.78. The highest BCUT2D eigenvalue weighted by molar-refractivity contribution is 7.11. The first-order valence-corrected chi connectivity index (χ1v) is 8.17. The second-order valence-corrected chi connectivity index (χ2v) is 7.14. The van der Waals surface area contributed by atoms with Crippen LogP contribution in [0.4, 0.5) is 5.69 Å². The molecule has 0 atom stereocenters. The van der Waals surface area contributed by atoms with Gasteiger partial charge in [-0.25, -0.2) is 4.98 Å². The van der Waals surface area contributed by atoms with E-state index in [1.165, 1.54) is 15.4 Å². The van der Waals surface area contributed by atoms with Crippen molar-refractivity contribution in [1.82, 2.24) is 4.98 Å². The number of para-hydroxylation sites is 1. The van der Waals surface area contributed by atoms with Crippen LogP contribution in [0.25, 0.3) is 0 Å². The monoisotopic (exact) mass is 304 g/mol. The lowest BCUT2D eigenvalue weighted by atomic mass is 9.98. The van der Waals surface area contributed by atoms with Crippen molar-refractivity contribution >= 4 is 17.0 Å². The maximum absolute atomic E-state index is 5.51. The average Bonchev–Trinajstić information content (AvgIpc) is 2.92. The molecule has 21 heavy (non-hydrogen) atoms. The minimum Gasteiger partial charge on any atom is -0.380 e. The highest BCUT2D eigenvalue weighted by Gasteiger charge is 2.17. The lowest BCUT2D eigenvalue weighted by Gasteiger charge is -2.13. The van der Waals surface area contributed by atoms with Crippen molar-refractivity contribution in [3.63, 3.8) is 0 Å². The number of ether oxygens (including phenoxy) is 1. The Morgan fingerprint density at radius 2 is 2.00 bits per heavy atom. The molecule has 0 aliphatic heterocycles. The largest absolute Gasteiger partial charge is 0.380 e. The Bertz CT molecular complexity index is 572. The van der Waals surface area contributed by atoms with Gasteiger partial charge in [-0.3, -0.25) is 0 Å². The van der Waals surface area contributed by atoms with Gasteiger partial charge in [0, 0.05) is 34.3 Å². The molecule has 0 saturated carbocycles. The van der Waals surface area contributed by atoms with E-state index in [-0.39, 0.29) is 5.41 Å². The standard InChI is InChI=1S/C17H24N2OS/c1-5-20-12-13-8-6-7-9-15(13)18-10-14-11-19-16(21-14)17(2,3)4/h6-9,11,18H,5,10,12H2,1-4H3. The first-order valence-electron chi connectivity index (χ1n) is 7.35. The van der Waals surface area contributed by atoms with Gasteiger partial charge in [0.15, 0.2) is 0 Å². The zero-order valence-electron chi connectivity index (χ0n) is 13.3. The molecule has 1 heterocycles. The van der Waals surface area contributed by atoms with E-state index in [9.17, 15) is 0 Å². The molecule has 0 radical (unpaired) electrons. The highest BCUT2D eigenvalue weighted by Crippen LogP contribution is 2.27. The molecule has 0 fully saturated rings. The maximum atomic E-state index is 5.51. The first-order chi connectivity index (χ1) is 10.0. The van der Waals surface area contributed by atoms with Crippen LogP contribution in [0.5, 0.6) is 0 Å². The molecule has 0 saturated heterocycles. The number of anilines is 1. The minimum absolute atomic E-state index is 0.121. The molecule has 0 amide bonds. The Morgan fingerprint density at radius 1 is 1.24 bits per heavy atom. The van der Waals surface area contributed by atoms with E-state index in [2.05, 4.69) is 43.2 Å². The van der Waals surface area contributed by atoms with E-state index in [0.717, 1.165) is 18.8 Å². The van der Waals surface area contributed by atoms with Gasteiger partial charge in [-0.2, -0.15) is 0 Å². The van der Waals surface area contributed by atoms with Crippen molar-refractivity contribution in [2.75, 3.05) is 11.9 Å². The smallest absolute Gasteiger partial charge is 0.0981 e. The predicted molar refractivity (Wildman–Crippen MR) is 89.9 cm³/mol. The van der Waals surface area contributed by atoms with Crippen LogP contribution in [0.3, 0.4) is 0 Å². The molecule has 4 heteroatoms. The fraction of sp³-hybridized carbons (Fsp3) is 0.471. The molecule has 3 nitrogen and oxygen atoms in total. The van der Waals surface area contributed by atoms with Gasteiger partial charge >= 0.3 is 0 Å². The van der Waals surface area contributed by atoms with Crippen molar-refractivity contribution in [3.05, 3.63) is 45.9 Å². The van der Waals surface area contributed by atoms with E-state index in [4.69, 9.17) is 4.74 Å². The summed E-state index contributed by atoms with van der Waals surface area (Å²) >= 11 is 1.78. The number of rotatable bonds is 6. The summed E-state index contributed by atoms with van der Waals surface area (Å²) in [6, 6.07) is 8.29. The summed E-state index contributed by atoms with van der Waals surface area (Å²) in [6.45, 7) is 10.8. The summed E-state index contributed by atoms with van der Waals surface area (Å²) in [5.41, 5.74) is 2.45. The van der Waals surface area contributed by atoms with Crippen molar-refractivity contribution < 1.29 is 4.74 Å². The molecule has 2 aromatic rings.